The molecule has 1 saturated carbocycles. The van der Waals surface area contributed by atoms with Crippen molar-refractivity contribution >= 4 is 11.4 Å². The first-order chi connectivity index (χ1) is 10.6. The SMILES string of the molecule is Cc1cc(N2CCC(C)CC2)c(N)c(=O)n1C1CCCCC1. The van der Waals surface area contributed by atoms with Gasteiger partial charge in [0.15, 0.2) is 0 Å². The third kappa shape index (κ3) is 2.88. The average Bonchev–Trinajstić information content (AvgIpc) is 2.53. The minimum Gasteiger partial charge on any atom is -0.393 e. The molecule has 1 aromatic rings. The molecule has 4 heteroatoms. The first kappa shape index (κ1) is 15.4. The van der Waals surface area contributed by atoms with Crippen LogP contribution in [0.5, 0.6) is 0 Å². The summed E-state index contributed by atoms with van der Waals surface area (Å²) in [6.07, 6.45) is 8.34. The minimum atomic E-state index is 0.0283. The van der Waals surface area contributed by atoms with Gasteiger partial charge in [-0.05, 0) is 44.6 Å². The standard InChI is InChI=1S/C18H29N3O/c1-13-8-10-20(11-9-13)16-12-14(2)21(18(22)17(16)19)15-6-4-3-5-7-15/h12-13,15H,3-11,19H2,1-2H3. The molecule has 1 saturated heterocycles. The normalized spacial score (nSPS) is 21.3. The van der Waals surface area contributed by atoms with Gasteiger partial charge < -0.3 is 15.2 Å². The van der Waals surface area contributed by atoms with Crippen LogP contribution in [-0.4, -0.2) is 17.7 Å². The van der Waals surface area contributed by atoms with Crippen molar-refractivity contribution in [2.45, 2.75) is 64.8 Å². The van der Waals surface area contributed by atoms with Gasteiger partial charge in [-0.3, -0.25) is 4.79 Å². The van der Waals surface area contributed by atoms with Gasteiger partial charge in [0.2, 0.25) is 0 Å². The maximum absolute atomic E-state index is 12.8. The summed E-state index contributed by atoms with van der Waals surface area (Å²) in [6, 6.07) is 2.49. The number of anilines is 2. The van der Waals surface area contributed by atoms with Crippen molar-refractivity contribution in [3.63, 3.8) is 0 Å². The molecule has 22 heavy (non-hydrogen) atoms. The number of rotatable bonds is 2. The summed E-state index contributed by atoms with van der Waals surface area (Å²) < 4.78 is 1.96. The number of hydrogen-bond acceptors (Lipinski definition) is 3. The Morgan fingerprint density at radius 2 is 1.73 bits per heavy atom. The summed E-state index contributed by atoms with van der Waals surface area (Å²) in [5, 5.41) is 0. The van der Waals surface area contributed by atoms with Crippen LogP contribution in [0.1, 0.15) is 63.6 Å². The van der Waals surface area contributed by atoms with E-state index in [0.717, 1.165) is 43.2 Å². The van der Waals surface area contributed by atoms with Gasteiger partial charge in [-0.15, -0.1) is 0 Å². The number of nitrogens with two attached hydrogens (primary N) is 1. The zero-order valence-corrected chi connectivity index (χ0v) is 14.0. The zero-order chi connectivity index (χ0) is 15.7. The molecule has 1 aromatic heterocycles. The Labute approximate surface area is 133 Å². The Morgan fingerprint density at radius 3 is 2.36 bits per heavy atom. The van der Waals surface area contributed by atoms with Crippen LogP contribution < -0.4 is 16.2 Å². The molecule has 0 unspecified atom stereocenters. The van der Waals surface area contributed by atoms with E-state index in [1.807, 2.05) is 4.57 Å². The fourth-order valence-corrected chi connectivity index (χ4v) is 4.05. The van der Waals surface area contributed by atoms with Gasteiger partial charge >= 0.3 is 0 Å². The smallest absolute Gasteiger partial charge is 0.276 e. The first-order valence-electron chi connectivity index (χ1n) is 8.84. The topological polar surface area (TPSA) is 51.3 Å². The molecule has 2 N–H and O–H groups in total. The van der Waals surface area contributed by atoms with Crippen molar-refractivity contribution < 1.29 is 0 Å². The molecule has 0 radical (unpaired) electrons. The molecule has 0 amide bonds. The van der Waals surface area contributed by atoms with Gasteiger partial charge in [-0.1, -0.05) is 26.2 Å². The van der Waals surface area contributed by atoms with E-state index in [1.54, 1.807) is 0 Å². The van der Waals surface area contributed by atoms with Crippen molar-refractivity contribution in [1.82, 2.24) is 4.57 Å². The number of nitrogen functional groups attached to an aromatic ring is 1. The second kappa shape index (κ2) is 6.35. The van der Waals surface area contributed by atoms with Crippen LogP contribution in [0.15, 0.2) is 10.9 Å². The number of pyridine rings is 1. The van der Waals surface area contributed by atoms with E-state index >= 15 is 0 Å². The maximum atomic E-state index is 12.8. The maximum Gasteiger partial charge on any atom is 0.276 e. The predicted octanol–water partition coefficient (Wildman–Crippen LogP) is 3.48. The number of nitrogens with zero attached hydrogens (tertiary/aromatic N) is 2. The fourth-order valence-electron chi connectivity index (χ4n) is 4.05. The molecule has 1 aliphatic heterocycles. The summed E-state index contributed by atoms with van der Waals surface area (Å²) in [5.41, 5.74) is 8.76. The zero-order valence-electron chi connectivity index (χ0n) is 14.0. The predicted molar refractivity (Wildman–Crippen MR) is 92.6 cm³/mol. The Hall–Kier alpha value is -1.45. The van der Waals surface area contributed by atoms with Crippen LogP contribution >= 0.6 is 0 Å². The van der Waals surface area contributed by atoms with Crippen LogP contribution in [0.2, 0.25) is 0 Å². The first-order valence-corrected chi connectivity index (χ1v) is 8.84. The number of piperidine rings is 1. The highest BCUT2D eigenvalue weighted by Gasteiger charge is 2.23. The quantitative estimate of drug-likeness (QED) is 0.910. The van der Waals surface area contributed by atoms with E-state index in [-0.39, 0.29) is 5.56 Å². The number of aryl methyl sites for hydroxylation is 1. The highest BCUT2D eigenvalue weighted by atomic mass is 16.1. The Kier molecular flexibility index (Phi) is 4.46. The molecule has 2 heterocycles. The molecule has 1 aliphatic carbocycles. The molecule has 4 nitrogen and oxygen atoms in total. The lowest BCUT2D eigenvalue weighted by Gasteiger charge is -2.34. The van der Waals surface area contributed by atoms with E-state index < -0.39 is 0 Å². The minimum absolute atomic E-state index is 0.0283. The van der Waals surface area contributed by atoms with Gasteiger partial charge in [0.05, 0.1) is 5.69 Å². The highest BCUT2D eigenvalue weighted by Crippen LogP contribution is 2.31. The largest absolute Gasteiger partial charge is 0.393 e. The van der Waals surface area contributed by atoms with Crippen molar-refractivity contribution in [3.8, 4) is 0 Å². The lowest BCUT2D eigenvalue weighted by molar-refractivity contribution is 0.342. The third-order valence-electron chi connectivity index (χ3n) is 5.51. The van der Waals surface area contributed by atoms with Crippen LogP contribution in [0.3, 0.4) is 0 Å². The van der Waals surface area contributed by atoms with Gasteiger partial charge in [-0.2, -0.15) is 0 Å². The second-order valence-corrected chi connectivity index (χ2v) is 7.22. The van der Waals surface area contributed by atoms with Crippen molar-refractivity contribution in [1.29, 1.82) is 0 Å². The van der Waals surface area contributed by atoms with E-state index in [4.69, 9.17) is 5.73 Å². The molecule has 2 aliphatic rings. The van der Waals surface area contributed by atoms with Crippen molar-refractivity contribution in [2.75, 3.05) is 23.7 Å². The second-order valence-electron chi connectivity index (χ2n) is 7.22. The highest BCUT2D eigenvalue weighted by molar-refractivity contribution is 5.67. The fraction of sp³-hybridized carbons (Fsp3) is 0.722. The van der Waals surface area contributed by atoms with Gasteiger partial charge in [0.1, 0.15) is 5.69 Å². The summed E-state index contributed by atoms with van der Waals surface area (Å²) in [6.45, 7) is 6.38. The van der Waals surface area contributed by atoms with Gasteiger partial charge in [-0.25, -0.2) is 0 Å². The molecule has 2 fully saturated rings. The van der Waals surface area contributed by atoms with Crippen molar-refractivity contribution in [3.05, 3.63) is 22.1 Å². The molecule has 0 bridgehead atoms. The van der Waals surface area contributed by atoms with Crippen LogP contribution in [0.4, 0.5) is 11.4 Å². The van der Waals surface area contributed by atoms with Gasteiger partial charge in [0.25, 0.3) is 5.56 Å². The number of hydrogen-bond donors (Lipinski definition) is 1. The molecule has 3 rings (SSSR count). The van der Waals surface area contributed by atoms with E-state index in [1.165, 1.54) is 32.1 Å². The van der Waals surface area contributed by atoms with E-state index in [9.17, 15) is 4.79 Å². The summed E-state index contributed by atoms with van der Waals surface area (Å²) >= 11 is 0. The van der Waals surface area contributed by atoms with E-state index in [2.05, 4.69) is 24.8 Å². The summed E-state index contributed by atoms with van der Waals surface area (Å²) in [5.74, 6) is 0.779. The van der Waals surface area contributed by atoms with Gasteiger partial charge in [0, 0.05) is 24.8 Å². The van der Waals surface area contributed by atoms with Crippen LogP contribution in [0.25, 0.3) is 0 Å². The Balaban J connectivity index is 1.92. The third-order valence-corrected chi connectivity index (χ3v) is 5.51. The molecular formula is C18H29N3O. The molecule has 0 atom stereocenters. The lowest BCUT2D eigenvalue weighted by Crippen LogP contribution is -2.37. The average molecular weight is 303 g/mol. The Morgan fingerprint density at radius 1 is 1.09 bits per heavy atom. The van der Waals surface area contributed by atoms with Crippen LogP contribution in [0, 0.1) is 12.8 Å². The molecular weight excluding hydrogens is 274 g/mol. The summed E-state index contributed by atoms with van der Waals surface area (Å²) in [7, 11) is 0. The van der Waals surface area contributed by atoms with Crippen molar-refractivity contribution in [2.24, 2.45) is 5.92 Å². The molecule has 0 aromatic carbocycles. The molecule has 122 valence electrons. The van der Waals surface area contributed by atoms with Crippen LogP contribution in [-0.2, 0) is 0 Å². The van der Waals surface area contributed by atoms with E-state index in [0.29, 0.717) is 11.7 Å². The summed E-state index contributed by atoms with van der Waals surface area (Å²) in [4.78, 5) is 15.1. The molecule has 0 spiro atoms. The monoisotopic (exact) mass is 303 g/mol. The number of aromatic nitrogens is 1. The Bertz CT molecular complexity index is 579. The lowest BCUT2D eigenvalue weighted by atomic mass is 9.94.